The Labute approximate surface area is 111 Å². The van der Waals surface area contributed by atoms with Gasteiger partial charge in [0.05, 0.1) is 12.4 Å². The molecule has 2 atom stereocenters. The highest BCUT2D eigenvalue weighted by atomic mass is 16.3. The first-order valence-corrected chi connectivity index (χ1v) is 6.09. The van der Waals surface area contributed by atoms with E-state index in [0.717, 1.165) is 11.1 Å². The molecule has 4 nitrogen and oxygen atoms in total. The fourth-order valence-electron chi connectivity index (χ4n) is 2.29. The molecule has 0 radical (unpaired) electrons. The van der Waals surface area contributed by atoms with Crippen molar-refractivity contribution < 1.29 is 10.2 Å². The number of hydrogen-bond acceptors (Lipinski definition) is 4. The van der Waals surface area contributed by atoms with Crippen LogP contribution in [-0.4, -0.2) is 16.6 Å². The van der Waals surface area contributed by atoms with Crippen molar-refractivity contribution in [2.45, 2.75) is 12.1 Å². The lowest BCUT2D eigenvalue weighted by atomic mass is 9.95. The van der Waals surface area contributed by atoms with Gasteiger partial charge in [-0.05, 0) is 35.4 Å². The van der Waals surface area contributed by atoms with Crippen LogP contribution >= 0.6 is 0 Å². The van der Waals surface area contributed by atoms with Crippen molar-refractivity contribution in [2.24, 2.45) is 4.99 Å². The second-order valence-corrected chi connectivity index (χ2v) is 4.55. The number of nitrogens with zero attached hydrogens (tertiary/aromatic N) is 1. The van der Waals surface area contributed by atoms with Gasteiger partial charge in [0, 0.05) is 0 Å². The smallest absolute Gasteiger partial charge is 0.115 e. The minimum Gasteiger partial charge on any atom is -0.508 e. The number of hydrogen-bond donors (Lipinski definition) is 3. The molecule has 4 heteroatoms. The monoisotopic (exact) mass is 254 g/mol. The number of nitrogens with one attached hydrogen (secondary N) is 1. The van der Waals surface area contributed by atoms with Crippen molar-refractivity contribution in [2.75, 3.05) is 0 Å². The van der Waals surface area contributed by atoms with Crippen LogP contribution in [0.2, 0.25) is 0 Å². The topological polar surface area (TPSA) is 64.9 Å². The van der Waals surface area contributed by atoms with E-state index in [9.17, 15) is 10.2 Å². The molecule has 2 aromatic rings. The van der Waals surface area contributed by atoms with Gasteiger partial charge in [-0.25, -0.2) is 0 Å². The maximum absolute atomic E-state index is 9.33. The number of phenols is 2. The molecule has 0 saturated carbocycles. The van der Waals surface area contributed by atoms with Gasteiger partial charge in [0.2, 0.25) is 0 Å². The Morgan fingerprint density at radius 2 is 1.32 bits per heavy atom. The molecule has 19 heavy (non-hydrogen) atoms. The second-order valence-electron chi connectivity index (χ2n) is 4.55. The van der Waals surface area contributed by atoms with Crippen LogP contribution < -0.4 is 5.32 Å². The molecule has 2 aromatic carbocycles. The number of benzene rings is 2. The van der Waals surface area contributed by atoms with Crippen molar-refractivity contribution in [1.82, 2.24) is 5.32 Å². The van der Waals surface area contributed by atoms with E-state index in [0.29, 0.717) is 0 Å². The predicted molar refractivity (Wildman–Crippen MR) is 73.3 cm³/mol. The van der Waals surface area contributed by atoms with E-state index in [-0.39, 0.29) is 23.6 Å². The van der Waals surface area contributed by atoms with Gasteiger partial charge in [-0.1, -0.05) is 24.3 Å². The van der Waals surface area contributed by atoms with Crippen molar-refractivity contribution in [1.29, 1.82) is 0 Å². The zero-order valence-electron chi connectivity index (χ0n) is 10.2. The van der Waals surface area contributed by atoms with Crippen molar-refractivity contribution in [3.8, 4) is 11.5 Å². The molecule has 3 N–H and O–H groups in total. The van der Waals surface area contributed by atoms with Crippen molar-refractivity contribution in [3.63, 3.8) is 0 Å². The number of aliphatic imine (C=N–C) groups is 1. The first-order chi connectivity index (χ1) is 9.24. The largest absolute Gasteiger partial charge is 0.508 e. The maximum Gasteiger partial charge on any atom is 0.115 e. The summed E-state index contributed by atoms with van der Waals surface area (Å²) in [5, 5.41) is 21.9. The lowest BCUT2D eigenvalue weighted by molar-refractivity contribution is 0.472. The number of aromatic hydroxyl groups is 2. The molecule has 0 bridgehead atoms. The Kier molecular flexibility index (Phi) is 2.83. The Morgan fingerprint density at radius 3 is 1.89 bits per heavy atom. The first-order valence-electron chi connectivity index (χ1n) is 6.09. The van der Waals surface area contributed by atoms with Gasteiger partial charge in [-0.3, -0.25) is 4.99 Å². The third-order valence-electron chi connectivity index (χ3n) is 3.29. The Hall–Kier alpha value is -2.49. The lowest BCUT2D eigenvalue weighted by Gasteiger charge is -2.19. The molecular weight excluding hydrogens is 240 g/mol. The fraction of sp³-hybridized carbons (Fsp3) is 0.133. The minimum absolute atomic E-state index is 0.0230. The molecule has 0 aromatic heterocycles. The Morgan fingerprint density at radius 1 is 0.789 bits per heavy atom. The lowest BCUT2D eigenvalue weighted by Crippen LogP contribution is -2.18. The summed E-state index contributed by atoms with van der Waals surface area (Å²) in [4.78, 5) is 4.44. The Bertz CT molecular complexity index is 591. The highest BCUT2D eigenvalue weighted by Gasteiger charge is 2.26. The van der Waals surface area contributed by atoms with Crippen LogP contribution in [0.5, 0.6) is 11.5 Å². The zero-order valence-corrected chi connectivity index (χ0v) is 10.2. The average Bonchev–Trinajstić information content (AvgIpc) is 2.90. The molecule has 96 valence electrons. The van der Waals surface area contributed by atoms with Crippen LogP contribution in [0.1, 0.15) is 23.2 Å². The molecule has 1 heterocycles. The maximum atomic E-state index is 9.33. The van der Waals surface area contributed by atoms with Crippen molar-refractivity contribution in [3.05, 3.63) is 59.7 Å². The molecule has 0 saturated heterocycles. The van der Waals surface area contributed by atoms with Crippen LogP contribution in [0.25, 0.3) is 0 Å². The SMILES string of the molecule is Oc1ccc([C@H]2N=CN[C@H]2c2ccc(O)cc2)cc1. The summed E-state index contributed by atoms with van der Waals surface area (Å²) in [6, 6.07) is 14.2. The predicted octanol–water partition coefficient (Wildman–Crippen LogP) is 2.51. The van der Waals surface area contributed by atoms with Crippen LogP contribution in [0.3, 0.4) is 0 Å². The standard InChI is InChI=1S/C15H14N2O2/c18-12-5-1-10(2-6-12)14-15(17-9-16-14)11-3-7-13(19)8-4-11/h1-9,14-15,18-19H,(H,16,17)/t14-,15+. The highest BCUT2D eigenvalue weighted by molar-refractivity contribution is 5.60. The number of phenolic OH excluding ortho intramolecular Hbond substituents is 2. The van der Waals surface area contributed by atoms with Gasteiger partial charge in [0.1, 0.15) is 17.5 Å². The molecule has 1 aliphatic rings. The summed E-state index contributed by atoms with van der Waals surface area (Å²) in [6.45, 7) is 0. The van der Waals surface area contributed by atoms with E-state index in [1.54, 1.807) is 30.6 Å². The van der Waals surface area contributed by atoms with Gasteiger partial charge >= 0.3 is 0 Å². The van der Waals surface area contributed by atoms with Crippen LogP contribution in [-0.2, 0) is 0 Å². The highest BCUT2D eigenvalue weighted by Crippen LogP contribution is 2.35. The summed E-state index contributed by atoms with van der Waals surface area (Å²) in [6.07, 6.45) is 1.70. The van der Waals surface area contributed by atoms with Crippen molar-refractivity contribution >= 4 is 6.34 Å². The molecular formula is C15H14N2O2. The molecule has 3 rings (SSSR count). The molecule has 0 spiro atoms. The number of rotatable bonds is 2. The Balaban J connectivity index is 1.90. The molecule has 1 aliphatic heterocycles. The van der Waals surface area contributed by atoms with Gasteiger partial charge in [-0.15, -0.1) is 0 Å². The van der Waals surface area contributed by atoms with Crippen LogP contribution in [0, 0.1) is 0 Å². The summed E-state index contributed by atoms with van der Waals surface area (Å²) in [5.41, 5.74) is 2.10. The summed E-state index contributed by atoms with van der Waals surface area (Å²) < 4.78 is 0. The second kappa shape index (κ2) is 4.65. The fourth-order valence-corrected chi connectivity index (χ4v) is 2.29. The van der Waals surface area contributed by atoms with E-state index in [1.165, 1.54) is 0 Å². The summed E-state index contributed by atoms with van der Waals surface area (Å²) in [7, 11) is 0. The minimum atomic E-state index is -0.0230. The van der Waals surface area contributed by atoms with E-state index in [4.69, 9.17) is 0 Å². The molecule has 0 fully saturated rings. The quantitative estimate of drug-likeness (QED) is 0.771. The third kappa shape index (κ3) is 2.25. The van der Waals surface area contributed by atoms with Gasteiger partial charge in [-0.2, -0.15) is 0 Å². The zero-order chi connectivity index (χ0) is 13.2. The normalized spacial score (nSPS) is 21.3. The van der Waals surface area contributed by atoms with E-state index >= 15 is 0 Å². The van der Waals surface area contributed by atoms with E-state index < -0.39 is 0 Å². The van der Waals surface area contributed by atoms with E-state index in [2.05, 4.69) is 10.3 Å². The summed E-state index contributed by atoms with van der Waals surface area (Å²) in [5.74, 6) is 0.503. The van der Waals surface area contributed by atoms with Crippen LogP contribution in [0.15, 0.2) is 53.5 Å². The summed E-state index contributed by atoms with van der Waals surface area (Å²) >= 11 is 0. The van der Waals surface area contributed by atoms with Crippen LogP contribution in [0.4, 0.5) is 0 Å². The first kappa shape index (κ1) is 11.6. The van der Waals surface area contributed by atoms with E-state index in [1.807, 2.05) is 24.3 Å². The molecule has 0 aliphatic carbocycles. The van der Waals surface area contributed by atoms with Gasteiger partial charge < -0.3 is 15.5 Å². The van der Waals surface area contributed by atoms with Gasteiger partial charge in [0.25, 0.3) is 0 Å². The molecule has 0 unspecified atom stereocenters. The molecule has 0 amide bonds. The third-order valence-corrected chi connectivity index (χ3v) is 3.29. The van der Waals surface area contributed by atoms with Gasteiger partial charge in [0.15, 0.2) is 0 Å². The average molecular weight is 254 g/mol.